The van der Waals surface area contributed by atoms with Gasteiger partial charge in [0.2, 0.25) is 0 Å². The number of rotatable bonds is 4. The summed E-state index contributed by atoms with van der Waals surface area (Å²) in [5.74, 6) is 0. The van der Waals surface area contributed by atoms with Gasteiger partial charge in [-0.2, -0.15) is 0 Å². The molecule has 0 aliphatic heterocycles. The van der Waals surface area contributed by atoms with Gasteiger partial charge >= 0.3 is 0 Å². The van der Waals surface area contributed by atoms with Gasteiger partial charge in [-0.25, -0.2) is 0 Å². The standard InChI is InChI=1S/C16H17ClIN/c1-11-3-5-12(6-4-11)9-16(19-2)14-10-13(17)7-8-15(14)18/h3-8,10,16,19H,9H2,1-2H3. The summed E-state index contributed by atoms with van der Waals surface area (Å²) in [4.78, 5) is 0. The Labute approximate surface area is 133 Å². The highest BCUT2D eigenvalue weighted by atomic mass is 127. The first-order valence-corrected chi connectivity index (χ1v) is 7.73. The molecule has 0 aliphatic carbocycles. The molecule has 0 fully saturated rings. The number of benzene rings is 2. The Balaban J connectivity index is 2.24. The first-order chi connectivity index (χ1) is 9.10. The molecule has 0 spiro atoms. The highest BCUT2D eigenvalue weighted by molar-refractivity contribution is 14.1. The van der Waals surface area contributed by atoms with Gasteiger partial charge in [-0.15, -0.1) is 0 Å². The third-order valence-electron chi connectivity index (χ3n) is 3.24. The predicted octanol–water partition coefficient (Wildman–Crippen LogP) is 4.76. The Morgan fingerprint density at radius 1 is 1.16 bits per heavy atom. The molecule has 3 heteroatoms. The number of hydrogen-bond acceptors (Lipinski definition) is 1. The summed E-state index contributed by atoms with van der Waals surface area (Å²) in [5.41, 5.74) is 3.89. The molecule has 1 nitrogen and oxygen atoms in total. The molecular formula is C16H17ClIN. The molecule has 0 amide bonds. The van der Waals surface area contributed by atoms with Crippen molar-refractivity contribution in [1.82, 2.24) is 5.32 Å². The predicted molar refractivity (Wildman–Crippen MR) is 90.9 cm³/mol. The quantitative estimate of drug-likeness (QED) is 0.749. The van der Waals surface area contributed by atoms with Crippen molar-refractivity contribution in [2.75, 3.05) is 7.05 Å². The van der Waals surface area contributed by atoms with E-state index in [1.165, 1.54) is 20.3 Å². The van der Waals surface area contributed by atoms with Crippen molar-refractivity contribution in [3.63, 3.8) is 0 Å². The summed E-state index contributed by atoms with van der Waals surface area (Å²) in [6.07, 6.45) is 0.965. The van der Waals surface area contributed by atoms with E-state index in [4.69, 9.17) is 11.6 Å². The van der Waals surface area contributed by atoms with Crippen LogP contribution in [-0.2, 0) is 6.42 Å². The molecule has 1 atom stereocenters. The molecule has 0 aromatic heterocycles. The lowest BCUT2D eigenvalue weighted by atomic mass is 9.98. The van der Waals surface area contributed by atoms with Gasteiger partial charge in [0.1, 0.15) is 0 Å². The lowest BCUT2D eigenvalue weighted by Crippen LogP contribution is -2.19. The second-order valence-corrected chi connectivity index (χ2v) is 6.30. The van der Waals surface area contributed by atoms with Crippen molar-refractivity contribution in [2.24, 2.45) is 0 Å². The second kappa shape index (κ2) is 6.73. The van der Waals surface area contributed by atoms with E-state index in [0.717, 1.165) is 11.4 Å². The van der Waals surface area contributed by atoms with Crippen LogP contribution in [0.15, 0.2) is 42.5 Å². The summed E-state index contributed by atoms with van der Waals surface area (Å²) in [5, 5.41) is 4.18. The largest absolute Gasteiger partial charge is 0.313 e. The highest BCUT2D eigenvalue weighted by Gasteiger charge is 2.13. The van der Waals surface area contributed by atoms with Crippen molar-refractivity contribution >= 4 is 34.2 Å². The van der Waals surface area contributed by atoms with E-state index < -0.39 is 0 Å². The van der Waals surface area contributed by atoms with Crippen LogP contribution in [-0.4, -0.2) is 7.05 Å². The van der Waals surface area contributed by atoms with E-state index >= 15 is 0 Å². The Morgan fingerprint density at radius 3 is 2.47 bits per heavy atom. The molecule has 0 aliphatic rings. The van der Waals surface area contributed by atoms with Crippen LogP contribution in [0.5, 0.6) is 0 Å². The highest BCUT2D eigenvalue weighted by Crippen LogP contribution is 2.26. The normalized spacial score (nSPS) is 12.4. The van der Waals surface area contributed by atoms with Crippen molar-refractivity contribution in [1.29, 1.82) is 0 Å². The van der Waals surface area contributed by atoms with Crippen LogP contribution in [0.3, 0.4) is 0 Å². The minimum absolute atomic E-state index is 0.285. The molecule has 2 aromatic carbocycles. The fourth-order valence-electron chi connectivity index (χ4n) is 2.11. The van der Waals surface area contributed by atoms with E-state index in [1.54, 1.807) is 0 Å². The van der Waals surface area contributed by atoms with Crippen molar-refractivity contribution in [2.45, 2.75) is 19.4 Å². The van der Waals surface area contributed by atoms with Gasteiger partial charge < -0.3 is 5.32 Å². The zero-order chi connectivity index (χ0) is 13.8. The first kappa shape index (κ1) is 14.8. The lowest BCUT2D eigenvalue weighted by Gasteiger charge is -2.19. The number of hydrogen-bond donors (Lipinski definition) is 1. The van der Waals surface area contributed by atoms with Crippen molar-refractivity contribution in [3.8, 4) is 0 Å². The van der Waals surface area contributed by atoms with Gasteiger partial charge in [0, 0.05) is 14.6 Å². The van der Waals surface area contributed by atoms with Crippen molar-refractivity contribution < 1.29 is 0 Å². The van der Waals surface area contributed by atoms with Gasteiger partial charge in [0.05, 0.1) is 0 Å². The SMILES string of the molecule is CNC(Cc1ccc(C)cc1)c1cc(Cl)ccc1I. The number of halogens is 2. The summed E-state index contributed by atoms with van der Waals surface area (Å²) in [6, 6.07) is 15.0. The van der Waals surface area contributed by atoms with Crippen LogP contribution in [0.4, 0.5) is 0 Å². The molecule has 1 unspecified atom stereocenters. The molecule has 1 N–H and O–H groups in total. The summed E-state index contributed by atoms with van der Waals surface area (Å²) in [6.45, 7) is 2.11. The maximum atomic E-state index is 6.11. The second-order valence-electron chi connectivity index (χ2n) is 4.70. The number of nitrogens with one attached hydrogen (secondary N) is 1. The molecule has 0 radical (unpaired) electrons. The molecule has 19 heavy (non-hydrogen) atoms. The van der Waals surface area contributed by atoms with Crippen molar-refractivity contribution in [3.05, 3.63) is 67.7 Å². The van der Waals surface area contributed by atoms with E-state index in [2.05, 4.69) is 71.2 Å². The Bertz CT molecular complexity index is 551. The van der Waals surface area contributed by atoms with E-state index in [0.29, 0.717) is 0 Å². The van der Waals surface area contributed by atoms with Crippen LogP contribution >= 0.6 is 34.2 Å². The summed E-state index contributed by atoms with van der Waals surface area (Å²) >= 11 is 8.48. The van der Waals surface area contributed by atoms with Crippen LogP contribution in [0.2, 0.25) is 5.02 Å². The first-order valence-electron chi connectivity index (χ1n) is 6.28. The van der Waals surface area contributed by atoms with Crippen LogP contribution in [0, 0.1) is 10.5 Å². The Kier molecular flexibility index (Phi) is 5.25. The van der Waals surface area contributed by atoms with E-state index in [1.807, 2.05) is 13.1 Å². The third-order valence-corrected chi connectivity index (χ3v) is 4.46. The fraction of sp³-hybridized carbons (Fsp3) is 0.250. The van der Waals surface area contributed by atoms with Crippen LogP contribution < -0.4 is 5.32 Å². The van der Waals surface area contributed by atoms with E-state index in [9.17, 15) is 0 Å². The number of likely N-dealkylation sites (N-methyl/N-ethyl adjacent to an activating group) is 1. The molecule has 0 heterocycles. The Hall–Kier alpha value is -0.580. The fourth-order valence-corrected chi connectivity index (χ4v) is 3.00. The molecule has 0 bridgehead atoms. The average Bonchev–Trinajstić information content (AvgIpc) is 2.41. The monoisotopic (exact) mass is 385 g/mol. The number of aryl methyl sites for hydroxylation is 1. The van der Waals surface area contributed by atoms with Gasteiger partial charge in [-0.3, -0.25) is 0 Å². The van der Waals surface area contributed by atoms with Gasteiger partial charge in [0.25, 0.3) is 0 Å². The average molecular weight is 386 g/mol. The molecule has 0 saturated heterocycles. The van der Waals surface area contributed by atoms with Crippen LogP contribution in [0.25, 0.3) is 0 Å². The molecular weight excluding hydrogens is 369 g/mol. The topological polar surface area (TPSA) is 12.0 Å². The zero-order valence-electron chi connectivity index (χ0n) is 11.1. The van der Waals surface area contributed by atoms with Gasteiger partial charge in [0.15, 0.2) is 0 Å². The Morgan fingerprint density at radius 2 is 1.84 bits per heavy atom. The van der Waals surface area contributed by atoms with E-state index in [-0.39, 0.29) is 6.04 Å². The minimum Gasteiger partial charge on any atom is -0.313 e. The third kappa shape index (κ3) is 3.94. The lowest BCUT2D eigenvalue weighted by molar-refractivity contribution is 0.589. The van der Waals surface area contributed by atoms with Crippen LogP contribution in [0.1, 0.15) is 22.7 Å². The molecule has 0 saturated carbocycles. The smallest absolute Gasteiger partial charge is 0.0410 e. The molecule has 2 rings (SSSR count). The van der Waals surface area contributed by atoms with Gasteiger partial charge in [-0.05, 0) is 72.3 Å². The maximum absolute atomic E-state index is 6.11. The molecule has 2 aromatic rings. The summed E-state index contributed by atoms with van der Waals surface area (Å²) in [7, 11) is 2.00. The minimum atomic E-state index is 0.285. The van der Waals surface area contributed by atoms with Gasteiger partial charge in [-0.1, -0.05) is 41.4 Å². The maximum Gasteiger partial charge on any atom is 0.0410 e. The molecule has 100 valence electrons. The summed E-state index contributed by atoms with van der Waals surface area (Å²) < 4.78 is 1.24. The zero-order valence-corrected chi connectivity index (χ0v) is 14.0.